The summed E-state index contributed by atoms with van der Waals surface area (Å²) in [5, 5.41) is 15.4. The average molecular weight is 271 g/mol. The number of rotatable bonds is 0. The van der Waals surface area contributed by atoms with Gasteiger partial charge in [-0.2, -0.15) is 5.10 Å². The Morgan fingerprint density at radius 2 is 2.30 bits per heavy atom. The molecular formula is C15H17N3O2. The predicted molar refractivity (Wildman–Crippen MR) is 74.6 cm³/mol. The lowest BCUT2D eigenvalue weighted by molar-refractivity contribution is 0.0440. The third-order valence-electron chi connectivity index (χ3n) is 4.90. The zero-order valence-corrected chi connectivity index (χ0v) is 11.6. The van der Waals surface area contributed by atoms with Gasteiger partial charge < -0.3 is 5.11 Å². The van der Waals surface area contributed by atoms with Crippen LogP contribution in [0.3, 0.4) is 0 Å². The van der Waals surface area contributed by atoms with Gasteiger partial charge in [0.25, 0.3) is 0 Å². The van der Waals surface area contributed by atoms with Crippen molar-refractivity contribution in [1.29, 1.82) is 0 Å². The summed E-state index contributed by atoms with van der Waals surface area (Å²) in [6, 6.07) is 6.11. The minimum absolute atomic E-state index is 0.510. The third-order valence-corrected chi connectivity index (χ3v) is 4.90. The van der Waals surface area contributed by atoms with Gasteiger partial charge in [-0.1, -0.05) is 19.1 Å². The van der Waals surface area contributed by atoms with Gasteiger partial charge in [-0.05, 0) is 30.4 Å². The van der Waals surface area contributed by atoms with Gasteiger partial charge in [-0.15, -0.1) is 0 Å². The molecule has 0 radical (unpaired) electrons. The summed E-state index contributed by atoms with van der Waals surface area (Å²) in [4.78, 5) is 13.3. The zero-order valence-electron chi connectivity index (χ0n) is 11.6. The number of hydrogen-bond donors (Lipinski definition) is 1. The first-order valence-electron chi connectivity index (χ1n) is 7.03. The molecular weight excluding hydrogens is 254 g/mol. The molecule has 0 saturated carbocycles. The van der Waals surface area contributed by atoms with Crippen molar-refractivity contribution in [1.82, 2.24) is 14.7 Å². The number of piperidine rings is 1. The van der Waals surface area contributed by atoms with E-state index in [0.717, 1.165) is 35.0 Å². The second-order valence-corrected chi connectivity index (χ2v) is 6.06. The number of benzene rings is 1. The first kappa shape index (κ1) is 11.8. The molecule has 1 amide bonds. The Hall–Kier alpha value is -2.04. The molecule has 5 nitrogen and oxygen atoms in total. The molecule has 0 bridgehead atoms. The fourth-order valence-corrected chi connectivity index (χ4v) is 4.01. The first-order valence-corrected chi connectivity index (χ1v) is 7.03. The summed E-state index contributed by atoms with van der Waals surface area (Å²) >= 11 is 0. The quantitative estimate of drug-likeness (QED) is 0.801. The molecule has 1 aliphatic heterocycles. The fourth-order valence-electron chi connectivity index (χ4n) is 4.01. The Balaban J connectivity index is 1.98. The van der Waals surface area contributed by atoms with Gasteiger partial charge in [0.15, 0.2) is 0 Å². The van der Waals surface area contributed by atoms with Crippen molar-refractivity contribution in [2.75, 3.05) is 6.54 Å². The highest BCUT2D eigenvalue weighted by Gasteiger charge is 2.56. The van der Waals surface area contributed by atoms with Crippen molar-refractivity contribution in [3.8, 4) is 0 Å². The number of fused-ring (bicyclic) bond motifs is 2. The molecule has 5 heteroatoms. The third kappa shape index (κ3) is 1.14. The molecule has 2 aliphatic rings. The number of nitrogens with zero attached hydrogens (tertiary/aromatic N) is 3. The van der Waals surface area contributed by atoms with Gasteiger partial charge in [0, 0.05) is 19.0 Å². The van der Waals surface area contributed by atoms with E-state index in [0.29, 0.717) is 12.5 Å². The van der Waals surface area contributed by atoms with Crippen molar-refractivity contribution in [3.05, 3.63) is 29.5 Å². The van der Waals surface area contributed by atoms with E-state index in [1.165, 1.54) is 0 Å². The van der Waals surface area contributed by atoms with Crippen molar-refractivity contribution >= 4 is 17.0 Å². The molecule has 2 aromatic rings. The summed E-state index contributed by atoms with van der Waals surface area (Å²) in [5.41, 5.74) is 2.65. The maximum absolute atomic E-state index is 11.7. The molecule has 1 aromatic heterocycles. The molecule has 20 heavy (non-hydrogen) atoms. The van der Waals surface area contributed by atoms with E-state index < -0.39 is 11.6 Å². The monoisotopic (exact) mass is 271 g/mol. The van der Waals surface area contributed by atoms with Crippen LogP contribution in [0.2, 0.25) is 0 Å². The molecule has 1 aliphatic carbocycles. The lowest BCUT2D eigenvalue weighted by Gasteiger charge is -2.51. The number of aromatic nitrogens is 2. The minimum atomic E-state index is -0.842. The highest BCUT2D eigenvalue weighted by Crippen LogP contribution is 2.55. The number of likely N-dealkylation sites (tertiary alicyclic amines) is 1. The number of hydrogen-bond acceptors (Lipinski definition) is 2. The van der Waals surface area contributed by atoms with E-state index in [-0.39, 0.29) is 0 Å². The van der Waals surface area contributed by atoms with Crippen molar-refractivity contribution in [2.45, 2.75) is 25.3 Å². The van der Waals surface area contributed by atoms with Crippen LogP contribution in [-0.2, 0) is 12.6 Å². The Bertz CT molecular complexity index is 736. The van der Waals surface area contributed by atoms with E-state index in [1.807, 2.05) is 23.9 Å². The summed E-state index contributed by atoms with van der Waals surface area (Å²) in [7, 11) is 1.92. The largest absolute Gasteiger partial charge is 0.465 e. The van der Waals surface area contributed by atoms with Crippen LogP contribution in [0.4, 0.5) is 4.79 Å². The highest BCUT2D eigenvalue weighted by molar-refractivity contribution is 5.95. The van der Waals surface area contributed by atoms with Crippen LogP contribution in [-0.4, -0.2) is 32.4 Å². The average Bonchev–Trinajstić information content (AvgIpc) is 2.75. The fraction of sp³-hybridized carbons (Fsp3) is 0.467. The second-order valence-electron chi connectivity index (χ2n) is 6.06. The van der Waals surface area contributed by atoms with E-state index in [1.54, 1.807) is 4.90 Å². The molecule has 1 N–H and O–H groups in total. The van der Waals surface area contributed by atoms with Crippen LogP contribution in [0.15, 0.2) is 18.2 Å². The maximum atomic E-state index is 11.7. The molecule has 1 saturated heterocycles. The molecule has 1 aromatic carbocycles. The number of carbonyl (C=O) groups is 1. The summed E-state index contributed by atoms with van der Waals surface area (Å²) in [6.07, 6.45) is 0.916. The Kier molecular flexibility index (Phi) is 2.08. The smallest absolute Gasteiger partial charge is 0.408 e. The number of carboxylic acid groups (broad SMARTS) is 1. The van der Waals surface area contributed by atoms with Crippen LogP contribution in [0.1, 0.15) is 31.0 Å². The molecule has 1 spiro atoms. The Morgan fingerprint density at radius 1 is 1.50 bits per heavy atom. The molecule has 2 heterocycles. The molecule has 2 unspecified atom stereocenters. The minimum Gasteiger partial charge on any atom is -0.465 e. The molecule has 1 fully saturated rings. The molecule has 104 valence electrons. The van der Waals surface area contributed by atoms with Crippen LogP contribution in [0.5, 0.6) is 0 Å². The van der Waals surface area contributed by atoms with Crippen LogP contribution < -0.4 is 0 Å². The molecule has 2 atom stereocenters. The van der Waals surface area contributed by atoms with Crippen LogP contribution >= 0.6 is 0 Å². The topological polar surface area (TPSA) is 58.4 Å². The Morgan fingerprint density at radius 3 is 3.05 bits per heavy atom. The van der Waals surface area contributed by atoms with Gasteiger partial charge in [0.2, 0.25) is 0 Å². The van der Waals surface area contributed by atoms with Gasteiger partial charge in [-0.3, -0.25) is 9.58 Å². The molecule has 4 rings (SSSR count). The normalized spacial score (nSPS) is 27.9. The predicted octanol–water partition coefficient (Wildman–Crippen LogP) is 2.54. The standard InChI is InChI=1S/C15H17N3O2/c1-9-6-7-18(14(19)20)15(8-9)10-4-3-5-11-12(10)13(15)16-17(11)2/h3-5,9H,6-8H2,1-2H3,(H,19,20). The van der Waals surface area contributed by atoms with Gasteiger partial charge in [0.05, 0.1) is 5.52 Å². The van der Waals surface area contributed by atoms with Crippen molar-refractivity contribution in [3.63, 3.8) is 0 Å². The SMILES string of the molecule is CC1CCN(C(=O)O)C2(C1)c1cccc3c1c2nn3C. The first-order chi connectivity index (χ1) is 9.55. The van der Waals surface area contributed by atoms with Crippen molar-refractivity contribution < 1.29 is 9.90 Å². The number of aryl methyl sites for hydroxylation is 1. The zero-order chi connectivity index (χ0) is 14.1. The second kappa shape index (κ2) is 3.53. The van der Waals surface area contributed by atoms with Crippen LogP contribution in [0, 0.1) is 5.92 Å². The highest BCUT2D eigenvalue weighted by atomic mass is 16.4. The lowest BCUT2D eigenvalue weighted by Crippen LogP contribution is -2.57. The summed E-state index contributed by atoms with van der Waals surface area (Å²) < 4.78 is 1.86. The van der Waals surface area contributed by atoms with Gasteiger partial charge >= 0.3 is 6.09 Å². The summed E-state index contributed by atoms with van der Waals surface area (Å²) in [5.74, 6) is 0.510. The van der Waals surface area contributed by atoms with E-state index in [2.05, 4.69) is 18.1 Å². The van der Waals surface area contributed by atoms with Gasteiger partial charge in [0.1, 0.15) is 11.2 Å². The van der Waals surface area contributed by atoms with E-state index in [9.17, 15) is 9.90 Å². The van der Waals surface area contributed by atoms with Gasteiger partial charge in [-0.25, -0.2) is 4.79 Å². The summed E-state index contributed by atoms with van der Waals surface area (Å²) in [6.45, 7) is 2.78. The van der Waals surface area contributed by atoms with E-state index >= 15 is 0 Å². The Labute approximate surface area is 116 Å². The van der Waals surface area contributed by atoms with Crippen molar-refractivity contribution in [2.24, 2.45) is 13.0 Å². The maximum Gasteiger partial charge on any atom is 0.408 e. The lowest BCUT2D eigenvalue weighted by atomic mass is 9.66. The van der Waals surface area contributed by atoms with Crippen LogP contribution in [0.25, 0.3) is 10.9 Å². The number of amides is 1. The van der Waals surface area contributed by atoms with E-state index in [4.69, 9.17) is 0 Å².